The molecule has 71 valence electrons. The van der Waals surface area contributed by atoms with Crippen molar-refractivity contribution in [2.45, 2.75) is 27.7 Å². The van der Waals surface area contributed by atoms with E-state index < -0.39 is 7.37 Å². The second-order valence-electron chi connectivity index (χ2n) is 4.00. The van der Waals surface area contributed by atoms with Crippen molar-refractivity contribution in [1.29, 1.82) is 0 Å². The van der Waals surface area contributed by atoms with E-state index in [-0.39, 0.29) is 35.6 Å². The average Bonchev–Trinajstić information content (AvgIpc) is 1.53. The molecule has 0 aliphatic heterocycles. The molecule has 1 N–H and O–H groups in total. The molecule has 12 heavy (non-hydrogen) atoms. The minimum atomic E-state index is -2.80. The monoisotopic (exact) mass is 317 g/mol. The molecule has 0 bridgehead atoms. The van der Waals surface area contributed by atoms with Gasteiger partial charge in [-0.2, -0.15) is 0 Å². The Labute approximate surface area is 104 Å². The summed E-state index contributed by atoms with van der Waals surface area (Å²) in [6.45, 7) is 7.90. The van der Waals surface area contributed by atoms with Crippen LogP contribution in [0.25, 0.3) is 0 Å². The molecule has 1 radical (unpaired) electrons. The molecule has 0 heterocycles. The molecule has 0 saturated carbocycles. The smallest absolute Gasteiger partial charge is 0.201 e. The van der Waals surface area contributed by atoms with Gasteiger partial charge in [-0.1, -0.05) is 27.7 Å². The van der Waals surface area contributed by atoms with Crippen LogP contribution in [0.3, 0.4) is 0 Å². The average molecular weight is 317 g/mol. The van der Waals surface area contributed by atoms with E-state index >= 15 is 0 Å². The fourth-order valence-electron chi connectivity index (χ4n) is 1.22. The van der Waals surface area contributed by atoms with Crippen LogP contribution in [-0.4, -0.2) is 17.2 Å². The first-order chi connectivity index (χ1) is 4.83. The summed E-state index contributed by atoms with van der Waals surface area (Å²) in [7, 11) is -2.80. The Morgan fingerprint density at radius 2 is 1.33 bits per heavy atom. The van der Waals surface area contributed by atoms with E-state index in [2.05, 4.69) is 0 Å². The summed E-state index contributed by atoms with van der Waals surface area (Å²) >= 11 is 0. The van der Waals surface area contributed by atoms with Crippen molar-refractivity contribution < 1.29 is 45.1 Å². The van der Waals surface area contributed by atoms with Gasteiger partial charge >= 0.3 is 0 Å². The predicted octanol–water partition coefficient (Wildman–Crippen LogP) is 2.57. The minimum Gasteiger partial charge on any atom is -0.344 e. The molecule has 0 aromatic heterocycles. The Morgan fingerprint density at radius 1 is 1.08 bits per heavy atom. The zero-order valence-electron chi connectivity index (χ0n) is 8.45. The molecule has 0 rings (SSSR count). The Bertz CT molecular complexity index is 143. The zero-order chi connectivity index (χ0) is 9.07. The molecule has 0 aromatic carbocycles. The van der Waals surface area contributed by atoms with Gasteiger partial charge in [-0.25, -0.2) is 0 Å². The van der Waals surface area contributed by atoms with E-state index in [0.717, 1.165) is 0 Å². The summed E-state index contributed by atoms with van der Waals surface area (Å²) in [4.78, 5) is 9.41. The standard InChI is InChI=1S/C8H19O2P.La/c1-7(2)5-11(9,10)6-8(3)4;/h7-8H,5-6H2,1-4H3,(H,9,10);. The maximum Gasteiger partial charge on any atom is 0.201 e. The van der Waals surface area contributed by atoms with Gasteiger partial charge < -0.3 is 4.89 Å². The fourth-order valence-corrected chi connectivity index (χ4v) is 3.65. The molecule has 2 nitrogen and oxygen atoms in total. The van der Waals surface area contributed by atoms with Crippen molar-refractivity contribution in [1.82, 2.24) is 0 Å². The van der Waals surface area contributed by atoms with Crippen LogP contribution in [0, 0.1) is 47.4 Å². The van der Waals surface area contributed by atoms with Crippen LogP contribution >= 0.6 is 7.37 Å². The van der Waals surface area contributed by atoms with Gasteiger partial charge in [-0.05, 0) is 11.8 Å². The second kappa shape index (κ2) is 6.78. The van der Waals surface area contributed by atoms with Gasteiger partial charge in [0.1, 0.15) is 0 Å². The van der Waals surface area contributed by atoms with Crippen LogP contribution in [0.1, 0.15) is 27.7 Å². The molecule has 0 aliphatic rings. The quantitative estimate of drug-likeness (QED) is 0.809. The summed E-state index contributed by atoms with van der Waals surface area (Å²) in [6.07, 6.45) is 0.927. The first-order valence-electron chi connectivity index (χ1n) is 4.14. The SMILES string of the molecule is CC(C)CP(=O)(O)CC(C)C.[La]. The molecule has 0 atom stereocenters. The largest absolute Gasteiger partial charge is 0.344 e. The zero-order valence-corrected chi connectivity index (χ0v) is 13.0. The van der Waals surface area contributed by atoms with Crippen LogP contribution in [0.4, 0.5) is 0 Å². The van der Waals surface area contributed by atoms with E-state index in [1.54, 1.807) is 0 Å². The Balaban J connectivity index is 0. The van der Waals surface area contributed by atoms with E-state index in [4.69, 9.17) is 0 Å². The normalized spacial score (nSPS) is 11.9. The van der Waals surface area contributed by atoms with E-state index in [1.807, 2.05) is 27.7 Å². The molecule has 0 spiro atoms. The molecule has 4 heteroatoms. The Hall–Kier alpha value is 1.38. The molecule has 0 saturated heterocycles. The van der Waals surface area contributed by atoms with E-state index in [1.165, 1.54) is 0 Å². The summed E-state index contributed by atoms with van der Waals surface area (Å²) in [5.41, 5.74) is 0. The van der Waals surface area contributed by atoms with Gasteiger partial charge in [-0.3, -0.25) is 4.57 Å². The first-order valence-corrected chi connectivity index (χ1v) is 6.17. The molecule has 0 amide bonds. The third-order valence-corrected chi connectivity index (χ3v) is 3.90. The third kappa shape index (κ3) is 9.47. The summed E-state index contributed by atoms with van der Waals surface area (Å²) < 4.78 is 11.4. The molecular weight excluding hydrogens is 298 g/mol. The third-order valence-electron chi connectivity index (χ3n) is 1.30. The number of hydrogen-bond donors (Lipinski definition) is 1. The van der Waals surface area contributed by atoms with Crippen LogP contribution in [0.15, 0.2) is 0 Å². The Kier molecular flexibility index (Phi) is 8.95. The second-order valence-corrected chi connectivity index (χ2v) is 6.42. The molecule has 0 aromatic rings. The molecular formula is C8H19LaO2P. The van der Waals surface area contributed by atoms with Crippen LogP contribution in [0.5, 0.6) is 0 Å². The van der Waals surface area contributed by atoms with Crippen molar-refractivity contribution in [3.8, 4) is 0 Å². The van der Waals surface area contributed by atoms with Gasteiger partial charge in [0.15, 0.2) is 0 Å². The molecule has 0 unspecified atom stereocenters. The molecule has 0 aliphatic carbocycles. The number of rotatable bonds is 4. The van der Waals surface area contributed by atoms with Crippen molar-refractivity contribution in [3.63, 3.8) is 0 Å². The van der Waals surface area contributed by atoms with Gasteiger partial charge in [-0.15, -0.1) is 0 Å². The fraction of sp³-hybridized carbons (Fsp3) is 1.00. The van der Waals surface area contributed by atoms with Gasteiger partial charge in [0.05, 0.1) is 0 Å². The van der Waals surface area contributed by atoms with Crippen LogP contribution < -0.4 is 0 Å². The maximum absolute atomic E-state index is 11.4. The van der Waals surface area contributed by atoms with Crippen molar-refractivity contribution >= 4 is 7.37 Å². The predicted molar refractivity (Wildman–Crippen MR) is 49.2 cm³/mol. The van der Waals surface area contributed by atoms with Crippen LogP contribution in [0.2, 0.25) is 0 Å². The summed E-state index contributed by atoms with van der Waals surface area (Å²) in [5, 5.41) is 0. The van der Waals surface area contributed by atoms with Crippen molar-refractivity contribution in [3.05, 3.63) is 0 Å². The van der Waals surface area contributed by atoms with E-state index in [0.29, 0.717) is 24.2 Å². The number of hydrogen-bond acceptors (Lipinski definition) is 1. The summed E-state index contributed by atoms with van der Waals surface area (Å²) in [5.74, 6) is 0.647. The van der Waals surface area contributed by atoms with Gasteiger partial charge in [0.25, 0.3) is 0 Å². The summed E-state index contributed by atoms with van der Waals surface area (Å²) in [6, 6.07) is 0. The molecule has 0 fully saturated rings. The first kappa shape index (κ1) is 15.8. The van der Waals surface area contributed by atoms with Crippen molar-refractivity contribution in [2.75, 3.05) is 12.3 Å². The topological polar surface area (TPSA) is 37.3 Å². The minimum absolute atomic E-state index is 0. The van der Waals surface area contributed by atoms with Gasteiger partial charge in [0, 0.05) is 47.9 Å². The maximum atomic E-state index is 11.4. The van der Waals surface area contributed by atoms with Gasteiger partial charge in [0.2, 0.25) is 7.37 Å². The van der Waals surface area contributed by atoms with Crippen molar-refractivity contribution in [2.24, 2.45) is 11.8 Å². The van der Waals surface area contributed by atoms with Crippen LogP contribution in [-0.2, 0) is 4.57 Å². The Morgan fingerprint density at radius 3 is 1.50 bits per heavy atom. The van der Waals surface area contributed by atoms with E-state index in [9.17, 15) is 9.46 Å².